The third kappa shape index (κ3) is 5.71. The Bertz CT molecular complexity index is 929. The summed E-state index contributed by atoms with van der Waals surface area (Å²) >= 11 is 5.53. The molecular formula is C18H16ClF3N4O2. The Labute approximate surface area is 163 Å². The summed E-state index contributed by atoms with van der Waals surface area (Å²) in [6, 6.07) is 9.42. The van der Waals surface area contributed by atoms with Crippen molar-refractivity contribution in [3.8, 4) is 0 Å². The molecule has 2 amide bonds. The number of nitrogens with one attached hydrogen (secondary N) is 2. The molecule has 2 aromatic rings. The van der Waals surface area contributed by atoms with Crippen LogP contribution < -0.4 is 16.5 Å². The molecule has 148 valence electrons. The van der Waals surface area contributed by atoms with Gasteiger partial charge in [0.1, 0.15) is 0 Å². The molecule has 4 N–H and O–H groups in total. The van der Waals surface area contributed by atoms with Gasteiger partial charge < -0.3 is 11.1 Å². The summed E-state index contributed by atoms with van der Waals surface area (Å²) in [6.45, 7) is 1.48. The van der Waals surface area contributed by atoms with Crippen LogP contribution in [0, 0.1) is 0 Å². The molecule has 0 saturated carbocycles. The van der Waals surface area contributed by atoms with Gasteiger partial charge in [-0.2, -0.15) is 18.3 Å². The molecule has 2 aromatic carbocycles. The summed E-state index contributed by atoms with van der Waals surface area (Å²) in [6.07, 6.45) is -4.88. The van der Waals surface area contributed by atoms with E-state index in [1.165, 1.54) is 19.1 Å². The van der Waals surface area contributed by atoms with Gasteiger partial charge in [-0.05, 0) is 37.3 Å². The van der Waals surface area contributed by atoms with Crippen LogP contribution in [-0.4, -0.2) is 17.5 Å². The van der Waals surface area contributed by atoms with Crippen molar-refractivity contribution in [3.05, 3.63) is 58.6 Å². The summed E-state index contributed by atoms with van der Waals surface area (Å²) in [7, 11) is 0. The van der Waals surface area contributed by atoms with Crippen LogP contribution in [0.3, 0.4) is 0 Å². The van der Waals surface area contributed by atoms with Crippen molar-refractivity contribution in [1.29, 1.82) is 0 Å². The lowest BCUT2D eigenvalue weighted by molar-refractivity contribution is -0.137. The fraction of sp³-hybridized carbons (Fsp3) is 0.167. The lowest BCUT2D eigenvalue weighted by Crippen LogP contribution is -2.22. The summed E-state index contributed by atoms with van der Waals surface area (Å²) < 4.78 is 38.6. The van der Waals surface area contributed by atoms with Crippen LogP contribution in [0.2, 0.25) is 5.02 Å². The van der Waals surface area contributed by atoms with Gasteiger partial charge in [-0.25, -0.2) is 5.43 Å². The van der Waals surface area contributed by atoms with Crippen molar-refractivity contribution in [3.63, 3.8) is 0 Å². The first-order valence-electron chi connectivity index (χ1n) is 7.92. The molecule has 2 rings (SSSR count). The summed E-state index contributed by atoms with van der Waals surface area (Å²) in [5.74, 6) is -1.16. The number of amides is 2. The number of benzene rings is 2. The van der Waals surface area contributed by atoms with Crippen molar-refractivity contribution >= 4 is 40.5 Å². The van der Waals surface area contributed by atoms with Gasteiger partial charge >= 0.3 is 6.18 Å². The molecule has 0 aliphatic heterocycles. The van der Waals surface area contributed by atoms with Gasteiger partial charge in [0.25, 0.3) is 5.91 Å². The van der Waals surface area contributed by atoms with Gasteiger partial charge in [-0.15, -0.1) is 0 Å². The summed E-state index contributed by atoms with van der Waals surface area (Å²) in [5.41, 5.74) is 7.58. The fourth-order valence-electron chi connectivity index (χ4n) is 2.21. The Hall–Kier alpha value is -3.07. The van der Waals surface area contributed by atoms with E-state index < -0.39 is 28.6 Å². The minimum atomic E-state index is -4.64. The number of hydrogen-bond acceptors (Lipinski definition) is 4. The highest BCUT2D eigenvalue weighted by molar-refractivity contribution is 6.31. The van der Waals surface area contributed by atoms with Gasteiger partial charge in [0.15, 0.2) is 0 Å². The molecule has 6 nitrogen and oxygen atoms in total. The number of nitrogens with zero attached hydrogens (tertiary/aromatic N) is 1. The number of halogens is 4. The zero-order valence-corrected chi connectivity index (χ0v) is 15.4. The second-order valence-electron chi connectivity index (χ2n) is 5.79. The Morgan fingerprint density at radius 2 is 1.86 bits per heavy atom. The third-order valence-corrected chi connectivity index (χ3v) is 3.86. The Kier molecular flexibility index (Phi) is 6.63. The predicted octanol–water partition coefficient (Wildman–Crippen LogP) is 4.08. The number of hydrogen-bond donors (Lipinski definition) is 3. The first-order valence-corrected chi connectivity index (χ1v) is 8.30. The number of carbonyl (C=O) groups is 2. The van der Waals surface area contributed by atoms with E-state index in [1.54, 1.807) is 18.2 Å². The maximum Gasteiger partial charge on any atom is 0.417 e. The average Bonchev–Trinajstić information content (AvgIpc) is 2.60. The molecular weight excluding hydrogens is 397 g/mol. The van der Waals surface area contributed by atoms with Gasteiger partial charge in [0.2, 0.25) is 5.91 Å². The van der Waals surface area contributed by atoms with Crippen LogP contribution in [0.25, 0.3) is 0 Å². The van der Waals surface area contributed by atoms with Crippen molar-refractivity contribution in [2.75, 3.05) is 11.1 Å². The largest absolute Gasteiger partial charge is 0.417 e. The number of anilines is 2. The Balaban J connectivity index is 1.98. The summed E-state index contributed by atoms with van der Waals surface area (Å²) in [5, 5.41) is 5.66. The number of rotatable bonds is 5. The molecule has 10 heteroatoms. The van der Waals surface area contributed by atoms with Crippen molar-refractivity contribution in [2.45, 2.75) is 19.5 Å². The standard InChI is InChI=1S/C18H16ClF3N4O2/c1-10(25-26-17(28)12-4-2-3-5-15(12)23)8-16(27)24-11-6-7-14(19)13(9-11)18(20,21)22/h2-7,9H,8,23H2,1H3,(H,24,27)(H,26,28)/b25-10+. The van der Waals surface area contributed by atoms with E-state index in [1.807, 2.05) is 0 Å². The maximum atomic E-state index is 12.9. The van der Waals surface area contributed by atoms with Crippen LogP contribution in [0.4, 0.5) is 24.5 Å². The van der Waals surface area contributed by atoms with Crippen LogP contribution in [-0.2, 0) is 11.0 Å². The second-order valence-corrected chi connectivity index (χ2v) is 6.20. The molecule has 0 fully saturated rings. The van der Waals surface area contributed by atoms with Crippen LogP contribution in [0.1, 0.15) is 29.3 Å². The number of carbonyl (C=O) groups excluding carboxylic acids is 2. The minimum absolute atomic E-state index is 0.0596. The van der Waals surface area contributed by atoms with Gasteiger partial charge in [0.05, 0.1) is 22.6 Å². The van der Waals surface area contributed by atoms with Crippen LogP contribution in [0.5, 0.6) is 0 Å². The topological polar surface area (TPSA) is 96.6 Å². The first kappa shape index (κ1) is 21.2. The molecule has 0 atom stereocenters. The number of nitrogens with two attached hydrogens (primary N) is 1. The van der Waals surface area contributed by atoms with E-state index in [2.05, 4.69) is 15.8 Å². The van der Waals surface area contributed by atoms with Gasteiger partial charge in [-0.3, -0.25) is 9.59 Å². The molecule has 0 unspecified atom stereocenters. The molecule has 0 heterocycles. The maximum absolute atomic E-state index is 12.9. The SMILES string of the molecule is C/C(CC(=O)Nc1ccc(Cl)c(C(F)(F)F)c1)=N\NC(=O)c1ccccc1N. The second kappa shape index (κ2) is 8.75. The van der Waals surface area contributed by atoms with Crippen molar-refractivity contribution < 1.29 is 22.8 Å². The highest BCUT2D eigenvalue weighted by Crippen LogP contribution is 2.36. The van der Waals surface area contributed by atoms with E-state index in [0.717, 1.165) is 12.1 Å². The van der Waals surface area contributed by atoms with E-state index in [9.17, 15) is 22.8 Å². The van der Waals surface area contributed by atoms with Crippen LogP contribution in [0.15, 0.2) is 47.6 Å². The molecule has 0 spiro atoms. The van der Waals surface area contributed by atoms with Gasteiger partial charge in [0, 0.05) is 17.1 Å². The number of hydrazone groups is 1. The Morgan fingerprint density at radius 3 is 2.50 bits per heavy atom. The molecule has 0 radical (unpaired) electrons. The third-order valence-electron chi connectivity index (χ3n) is 3.53. The molecule has 28 heavy (non-hydrogen) atoms. The summed E-state index contributed by atoms with van der Waals surface area (Å²) in [4.78, 5) is 24.0. The smallest absolute Gasteiger partial charge is 0.398 e. The fourth-order valence-corrected chi connectivity index (χ4v) is 2.43. The van der Waals surface area contributed by atoms with E-state index in [0.29, 0.717) is 0 Å². The molecule has 0 saturated heterocycles. The van der Waals surface area contributed by atoms with E-state index in [-0.39, 0.29) is 29.1 Å². The minimum Gasteiger partial charge on any atom is -0.398 e. The number of nitrogen functional groups attached to an aromatic ring is 1. The monoisotopic (exact) mass is 412 g/mol. The Morgan fingerprint density at radius 1 is 1.18 bits per heavy atom. The quantitative estimate of drug-likeness (QED) is 0.392. The lowest BCUT2D eigenvalue weighted by Gasteiger charge is -2.11. The number of alkyl halides is 3. The van der Waals surface area contributed by atoms with Gasteiger partial charge in [-0.1, -0.05) is 23.7 Å². The van der Waals surface area contributed by atoms with E-state index >= 15 is 0 Å². The predicted molar refractivity (Wildman–Crippen MR) is 101 cm³/mol. The van der Waals surface area contributed by atoms with Crippen LogP contribution >= 0.6 is 11.6 Å². The number of para-hydroxylation sites is 1. The normalized spacial score (nSPS) is 11.8. The first-order chi connectivity index (χ1) is 13.1. The van der Waals surface area contributed by atoms with Crippen molar-refractivity contribution in [2.24, 2.45) is 5.10 Å². The van der Waals surface area contributed by atoms with Crippen molar-refractivity contribution in [1.82, 2.24) is 5.43 Å². The molecule has 0 bridgehead atoms. The lowest BCUT2D eigenvalue weighted by atomic mass is 10.2. The molecule has 0 aliphatic carbocycles. The highest BCUT2D eigenvalue weighted by atomic mass is 35.5. The molecule has 0 aromatic heterocycles. The average molecular weight is 413 g/mol. The van der Waals surface area contributed by atoms with E-state index in [4.69, 9.17) is 17.3 Å². The molecule has 0 aliphatic rings. The highest BCUT2D eigenvalue weighted by Gasteiger charge is 2.33. The zero-order valence-electron chi connectivity index (χ0n) is 14.6. The zero-order chi connectivity index (χ0) is 20.9.